The lowest BCUT2D eigenvalue weighted by atomic mass is 10.0. The zero-order chi connectivity index (χ0) is 15.5. The Morgan fingerprint density at radius 3 is 2.95 bits per heavy atom. The minimum absolute atomic E-state index is 0.535. The number of pyridine rings is 1. The molecule has 5 heteroatoms. The third kappa shape index (κ3) is 3.30. The van der Waals surface area contributed by atoms with E-state index in [2.05, 4.69) is 47.5 Å². The summed E-state index contributed by atoms with van der Waals surface area (Å²) in [6, 6.07) is 4.28. The molecular weight excluding hydrogens is 274 g/mol. The van der Waals surface area contributed by atoms with Crippen LogP contribution < -0.4 is 5.32 Å². The van der Waals surface area contributed by atoms with Gasteiger partial charge < -0.3 is 5.32 Å². The van der Waals surface area contributed by atoms with E-state index in [0.29, 0.717) is 5.92 Å². The van der Waals surface area contributed by atoms with Crippen LogP contribution in [0.3, 0.4) is 0 Å². The number of nitrogens with zero attached hydrogens (tertiary/aromatic N) is 4. The van der Waals surface area contributed by atoms with Gasteiger partial charge in [-0.15, -0.1) is 0 Å². The van der Waals surface area contributed by atoms with Crippen LogP contribution in [-0.2, 0) is 13.1 Å². The molecule has 1 unspecified atom stereocenters. The highest BCUT2D eigenvalue weighted by Crippen LogP contribution is 2.28. The van der Waals surface area contributed by atoms with E-state index in [-0.39, 0.29) is 0 Å². The molecule has 1 saturated heterocycles. The molecule has 0 aromatic carbocycles. The minimum Gasteiger partial charge on any atom is -0.388 e. The first kappa shape index (κ1) is 15.0. The summed E-state index contributed by atoms with van der Waals surface area (Å²) in [6.07, 6.45) is 5.32. The Kier molecular flexibility index (Phi) is 4.43. The molecule has 22 heavy (non-hydrogen) atoms. The van der Waals surface area contributed by atoms with E-state index in [1.165, 1.54) is 17.7 Å². The van der Waals surface area contributed by atoms with Crippen LogP contribution in [-0.4, -0.2) is 39.8 Å². The molecule has 1 atom stereocenters. The predicted molar refractivity (Wildman–Crippen MR) is 89.1 cm³/mol. The van der Waals surface area contributed by atoms with Gasteiger partial charge in [0.25, 0.3) is 0 Å². The van der Waals surface area contributed by atoms with Gasteiger partial charge in [0.1, 0.15) is 0 Å². The van der Waals surface area contributed by atoms with Crippen molar-refractivity contribution in [2.75, 3.05) is 25.5 Å². The fourth-order valence-electron chi connectivity index (χ4n) is 3.18. The Morgan fingerprint density at radius 2 is 2.23 bits per heavy atom. The van der Waals surface area contributed by atoms with Gasteiger partial charge in [-0.2, -0.15) is 5.10 Å². The van der Waals surface area contributed by atoms with Gasteiger partial charge in [0.05, 0.1) is 6.20 Å². The van der Waals surface area contributed by atoms with Crippen molar-refractivity contribution in [3.8, 4) is 0 Å². The number of anilines is 1. The van der Waals surface area contributed by atoms with Crippen molar-refractivity contribution < 1.29 is 0 Å². The first-order valence-corrected chi connectivity index (χ1v) is 8.08. The maximum Gasteiger partial charge on any atom is 0.0534 e. The van der Waals surface area contributed by atoms with Crippen LogP contribution >= 0.6 is 0 Å². The summed E-state index contributed by atoms with van der Waals surface area (Å²) in [5, 5.41) is 7.58. The van der Waals surface area contributed by atoms with Gasteiger partial charge in [-0.3, -0.25) is 14.6 Å². The maximum absolute atomic E-state index is 4.74. The Morgan fingerprint density at radius 1 is 1.36 bits per heavy atom. The molecule has 0 aliphatic carbocycles. The van der Waals surface area contributed by atoms with Crippen LogP contribution in [0.25, 0.3) is 0 Å². The molecule has 0 radical (unpaired) electrons. The summed E-state index contributed by atoms with van der Waals surface area (Å²) in [5.74, 6) is 0.535. The zero-order valence-corrected chi connectivity index (χ0v) is 13.7. The second-order valence-corrected chi connectivity index (χ2v) is 6.10. The van der Waals surface area contributed by atoms with E-state index < -0.39 is 0 Å². The Labute approximate surface area is 132 Å². The lowest BCUT2D eigenvalue weighted by Gasteiger charge is -2.15. The fourth-order valence-corrected chi connectivity index (χ4v) is 3.18. The number of aryl methyl sites for hydroxylation is 2. The molecule has 0 bridgehead atoms. The molecule has 1 N–H and O–H groups in total. The molecule has 1 fully saturated rings. The zero-order valence-electron chi connectivity index (χ0n) is 13.7. The normalized spacial score (nSPS) is 18.8. The molecule has 118 valence electrons. The highest BCUT2D eigenvalue weighted by atomic mass is 15.3. The van der Waals surface area contributed by atoms with E-state index in [0.717, 1.165) is 37.6 Å². The van der Waals surface area contributed by atoms with Crippen LogP contribution in [0.1, 0.15) is 36.2 Å². The van der Waals surface area contributed by atoms with Crippen molar-refractivity contribution in [3.05, 3.63) is 41.5 Å². The molecule has 0 amide bonds. The molecule has 2 aromatic heterocycles. The topological polar surface area (TPSA) is 46.0 Å². The van der Waals surface area contributed by atoms with Crippen molar-refractivity contribution in [1.82, 2.24) is 19.7 Å². The number of hydrogen-bond donors (Lipinski definition) is 1. The largest absolute Gasteiger partial charge is 0.388 e. The summed E-state index contributed by atoms with van der Waals surface area (Å²) in [4.78, 5) is 7.24. The molecule has 3 rings (SSSR count). The fraction of sp³-hybridized carbons (Fsp3) is 0.529. The van der Waals surface area contributed by atoms with Crippen LogP contribution in [0.2, 0.25) is 0 Å². The van der Waals surface area contributed by atoms with Gasteiger partial charge in [-0.1, -0.05) is 0 Å². The molecule has 3 heterocycles. The van der Waals surface area contributed by atoms with Gasteiger partial charge in [-0.05, 0) is 38.9 Å². The number of hydrogen-bond acceptors (Lipinski definition) is 4. The SMILES string of the molecule is CCn1cc(CN2CCC(c3cc(NC)cc(C)n3)C2)cn1. The second kappa shape index (κ2) is 6.48. The van der Waals surface area contributed by atoms with Crippen molar-refractivity contribution >= 4 is 5.69 Å². The first-order chi connectivity index (χ1) is 10.7. The summed E-state index contributed by atoms with van der Waals surface area (Å²) in [7, 11) is 1.96. The minimum atomic E-state index is 0.535. The van der Waals surface area contributed by atoms with Gasteiger partial charge in [0.15, 0.2) is 0 Å². The Hall–Kier alpha value is -1.88. The van der Waals surface area contributed by atoms with Gasteiger partial charge in [0.2, 0.25) is 0 Å². The van der Waals surface area contributed by atoms with Crippen LogP contribution in [0.5, 0.6) is 0 Å². The highest BCUT2D eigenvalue weighted by molar-refractivity contribution is 5.45. The van der Waals surface area contributed by atoms with E-state index in [4.69, 9.17) is 4.98 Å². The molecule has 1 aliphatic rings. The summed E-state index contributed by atoms with van der Waals surface area (Å²) in [5.41, 5.74) is 4.77. The third-order valence-electron chi connectivity index (χ3n) is 4.37. The van der Waals surface area contributed by atoms with Crippen molar-refractivity contribution in [1.29, 1.82) is 0 Å². The van der Waals surface area contributed by atoms with Gasteiger partial charge in [0, 0.05) is 61.4 Å². The Bertz CT molecular complexity index is 634. The highest BCUT2D eigenvalue weighted by Gasteiger charge is 2.25. The van der Waals surface area contributed by atoms with Crippen molar-refractivity contribution in [2.24, 2.45) is 0 Å². The van der Waals surface area contributed by atoms with Crippen LogP contribution in [0, 0.1) is 6.92 Å². The number of aromatic nitrogens is 3. The number of nitrogens with one attached hydrogen (secondary N) is 1. The van der Waals surface area contributed by atoms with Crippen molar-refractivity contribution in [2.45, 2.75) is 39.3 Å². The maximum atomic E-state index is 4.74. The van der Waals surface area contributed by atoms with E-state index in [9.17, 15) is 0 Å². The average Bonchev–Trinajstić information content (AvgIpc) is 3.16. The molecule has 0 saturated carbocycles. The van der Waals surface area contributed by atoms with Crippen LogP contribution in [0.4, 0.5) is 5.69 Å². The predicted octanol–water partition coefficient (Wildman–Crippen LogP) is 2.64. The smallest absolute Gasteiger partial charge is 0.0534 e. The van der Waals surface area contributed by atoms with Crippen LogP contribution in [0.15, 0.2) is 24.5 Å². The van der Waals surface area contributed by atoms with E-state index in [1.807, 2.05) is 17.9 Å². The molecule has 2 aromatic rings. The van der Waals surface area contributed by atoms with Gasteiger partial charge in [-0.25, -0.2) is 0 Å². The number of rotatable bonds is 5. The summed E-state index contributed by atoms with van der Waals surface area (Å²) in [6.45, 7) is 8.31. The van der Waals surface area contributed by atoms with E-state index >= 15 is 0 Å². The molecular formula is C17H25N5. The summed E-state index contributed by atoms with van der Waals surface area (Å²) < 4.78 is 1.99. The average molecular weight is 299 g/mol. The monoisotopic (exact) mass is 299 g/mol. The van der Waals surface area contributed by atoms with E-state index in [1.54, 1.807) is 0 Å². The second-order valence-electron chi connectivity index (χ2n) is 6.10. The lowest BCUT2D eigenvalue weighted by molar-refractivity contribution is 0.326. The molecule has 1 aliphatic heterocycles. The Balaban J connectivity index is 1.65. The standard InChI is InChI=1S/C17H25N5/c1-4-22-11-14(9-19-22)10-21-6-5-15(12-21)17-8-16(18-3)7-13(2)20-17/h7-9,11,15H,4-6,10,12H2,1-3H3,(H,18,20). The third-order valence-corrected chi connectivity index (χ3v) is 4.37. The molecule has 5 nitrogen and oxygen atoms in total. The number of likely N-dealkylation sites (tertiary alicyclic amines) is 1. The van der Waals surface area contributed by atoms with Gasteiger partial charge >= 0.3 is 0 Å². The lowest BCUT2D eigenvalue weighted by Crippen LogP contribution is -2.19. The quantitative estimate of drug-likeness (QED) is 0.922. The van der Waals surface area contributed by atoms with Crippen molar-refractivity contribution in [3.63, 3.8) is 0 Å². The first-order valence-electron chi connectivity index (χ1n) is 8.08. The summed E-state index contributed by atoms with van der Waals surface area (Å²) >= 11 is 0. The molecule has 0 spiro atoms.